The van der Waals surface area contributed by atoms with Gasteiger partial charge in [0.2, 0.25) is 0 Å². The number of halogens is 2. The lowest BCUT2D eigenvalue weighted by molar-refractivity contribution is 0.415. The van der Waals surface area contributed by atoms with E-state index in [1.54, 1.807) is 23.9 Å². The second kappa shape index (κ2) is 6.48. The SMILES string of the molecule is COc1ccc(-c2nnn(Cc3ccc(Cl)cc3Cl)c2N)cc1. The molecule has 23 heavy (non-hydrogen) atoms. The Kier molecular flexibility index (Phi) is 4.41. The molecular formula is C16H14Cl2N4O. The molecule has 2 aromatic carbocycles. The zero-order valence-corrected chi connectivity index (χ0v) is 13.8. The second-order valence-electron chi connectivity index (χ2n) is 4.95. The van der Waals surface area contributed by atoms with Crippen LogP contribution in [-0.4, -0.2) is 22.1 Å². The van der Waals surface area contributed by atoms with E-state index >= 15 is 0 Å². The van der Waals surface area contributed by atoms with E-state index < -0.39 is 0 Å². The number of nitrogen functional groups attached to an aromatic ring is 1. The third-order valence-electron chi connectivity index (χ3n) is 3.47. The minimum absolute atomic E-state index is 0.422. The normalized spacial score (nSPS) is 10.7. The summed E-state index contributed by atoms with van der Waals surface area (Å²) in [5.41, 5.74) is 8.54. The van der Waals surface area contributed by atoms with Gasteiger partial charge in [0.1, 0.15) is 11.4 Å². The lowest BCUT2D eigenvalue weighted by atomic mass is 10.1. The van der Waals surface area contributed by atoms with E-state index in [1.807, 2.05) is 30.3 Å². The van der Waals surface area contributed by atoms with Crippen LogP contribution < -0.4 is 10.5 Å². The topological polar surface area (TPSA) is 66.0 Å². The standard InChI is InChI=1S/C16H14Cl2N4O/c1-23-13-6-3-10(4-7-13)15-16(19)22(21-20-15)9-11-2-5-12(17)8-14(11)18/h2-8H,9,19H2,1H3. The van der Waals surface area contributed by atoms with Crippen molar-refractivity contribution in [1.29, 1.82) is 0 Å². The van der Waals surface area contributed by atoms with Crippen molar-refractivity contribution in [2.24, 2.45) is 0 Å². The summed E-state index contributed by atoms with van der Waals surface area (Å²) in [5, 5.41) is 9.43. The number of benzene rings is 2. The molecule has 1 aromatic heterocycles. The fourth-order valence-corrected chi connectivity index (χ4v) is 2.67. The van der Waals surface area contributed by atoms with Crippen LogP contribution in [0.4, 0.5) is 5.82 Å². The van der Waals surface area contributed by atoms with Gasteiger partial charge >= 0.3 is 0 Å². The van der Waals surface area contributed by atoms with Crippen molar-refractivity contribution in [3.8, 4) is 17.0 Å². The smallest absolute Gasteiger partial charge is 0.150 e. The highest BCUT2D eigenvalue weighted by molar-refractivity contribution is 6.35. The van der Waals surface area contributed by atoms with Crippen molar-refractivity contribution >= 4 is 29.0 Å². The Morgan fingerprint density at radius 1 is 1.13 bits per heavy atom. The number of hydrogen-bond acceptors (Lipinski definition) is 4. The Balaban J connectivity index is 1.89. The van der Waals surface area contributed by atoms with Crippen LogP contribution in [0.5, 0.6) is 5.75 Å². The van der Waals surface area contributed by atoms with Gasteiger partial charge in [0, 0.05) is 15.6 Å². The van der Waals surface area contributed by atoms with Crippen LogP contribution >= 0.6 is 23.2 Å². The Bertz CT molecular complexity index is 831. The van der Waals surface area contributed by atoms with Crippen LogP contribution in [0.3, 0.4) is 0 Å². The summed E-state index contributed by atoms with van der Waals surface area (Å²) < 4.78 is 6.75. The number of ether oxygens (including phenoxy) is 1. The van der Waals surface area contributed by atoms with E-state index in [1.165, 1.54) is 0 Å². The van der Waals surface area contributed by atoms with Crippen molar-refractivity contribution < 1.29 is 4.74 Å². The molecule has 7 heteroatoms. The van der Waals surface area contributed by atoms with Crippen molar-refractivity contribution in [2.45, 2.75) is 6.54 Å². The van der Waals surface area contributed by atoms with E-state index in [0.717, 1.165) is 16.9 Å². The molecule has 0 aliphatic heterocycles. The molecule has 0 amide bonds. The van der Waals surface area contributed by atoms with Crippen LogP contribution in [0.25, 0.3) is 11.3 Å². The predicted molar refractivity (Wildman–Crippen MR) is 92.0 cm³/mol. The van der Waals surface area contributed by atoms with Gasteiger partial charge < -0.3 is 10.5 Å². The molecular weight excluding hydrogens is 335 g/mol. The quantitative estimate of drug-likeness (QED) is 0.776. The summed E-state index contributed by atoms with van der Waals surface area (Å²) in [4.78, 5) is 0. The number of rotatable bonds is 4. The lowest BCUT2D eigenvalue weighted by Gasteiger charge is -2.06. The first kappa shape index (κ1) is 15.6. The zero-order valence-electron chi connectivity index (χ0n) is 12.3. The lowest BCUT2D eigenvalue weighted by Crippen LogP contribution is -2.06. The first-order valence-corrected chi connectivity index (χ1v) is 7.61. The highest BCUT2D eigenvalue weighted by Crippen LogP contribution is 2.27. The van der Waals surface area contributed by atoms with E-state index in [-0.39, 0.29) is 0 Å². The second-order valence-corrected chi connectivity index (χ2v) is 5.79. The van der Waals surface area contributed by atoms with Gasteiger partial charge in [-0.2, -0.15) is 0 Å². The number of nitrogens with zero attached hydrogens (tertiary/aromatic N) is 3. The first-order chi connectivity index (χ1) is 11.1. The van der Waals surface area contributed by atoms with Crippen LogP contribution in [-0.2, 0) is 6.54 Å². The molecule has 0 aliphatic carbocycles. The third kappa shape index (κ3) is 3.25. The summed E-state index contributed by atoms with van der Waals surface area (Å²) in [5.74, 6) is 1.24. The van der Waals surface area contributed by atoms with Crippen LogP contribution in [0, 0.1) is 0 Å². The highest BCUT2D eigenvalue weighted by Gasteiger charge is 2.13. The summed E-state index contributed by atoms with van der Waals surface area (Å²) in [6, 6.07) is 12.8. The maximum Gasteiger partial charge on any atom is 0.150 e. The van der Waals surface area contributed by atoms with Crippen molar-refractivity contribution in [3.63, 3.8) is 0 Å². The molecule has 1 heterocycles. The highest BCUT2D eigenvalue weighted by atomic mass is 35.5. The van der Waals surface area contributed by atoms with Gasteiger partial charge in [-0.1, -0.05) is 34.5 Å². The Labute approximate surface area is 143 Å². The van der Waals surface area contributed by atoms with Gasteiger partial charge in [-0.05, 0) is 42.0 Å². The Hall–Kier alpha value is -2.24. The minimum Gasteiger partial charge on any atom is -0.497 e. The molecule has 0 unspecified atom stereocenters. The van der Waals surface area contributed by atoms with Crippen molar-refractivity contribution in [3.05, 3.63) is 58.1 Å². The fourth-order valence-electron chi connectivity index (χ4n) is 2.20. The summed E-state index contributed by atoms with van der Waals surface area (Å²) in [6.07, 6.45) is 0. The predicted octanol–water partition coefficient (Wildman–Crippen LogP) is 3.89. The van der Waals surface area contributed by atoms with Gasteiger partial charge in [0.25, 0.3) is 0 Å². The number of hydrogen-bond donors (Lipinski definition) is 1. The van der Waals surface area contributed by atoms with Crippen molar-refractivity contribution in [2.75, 3.05) is 12.8 Å². The van der Waals surface area contributed by atoms with Crippen LogP contribution in [0.1, 0.15) is 5.56 Å². The number of aromatic nitrogens is 3. The molecule has 0 atom stereocenters. The largest absolute Gasteiger partial charge is 0.497 e. The molecule has 0 spiro atoms. The molecule has 0 aliphatic rings. The van der Waals surface area contributed by atoms with Gasteiger partial charge in [0.05, 0.1) is 13.7 Å². The molecule has 3 rings (SSSR count). The van der Waals surface area contributed by atoms with E-state index in [4.69, 9.17) is 33.7 Å². The van der Waals surface area contributed by atoms with Crippen molar-refractivity contribution in [1.82, 2.24) is 15.0 Å². The molecule has 2 N–H and O–H groups in total. The molecule has 3 aromatic rings. The minimum atomic E-state index is 0.422. The molecule has 0 saturated heterocycles. The Morgan fingerprint density at radius 2 is 1.87 bits per heavy atom. The van der Waals surface area contributed by atoms with Gasteiger partial charge in [-0.15, -0.1) is 5.10 Å². The molecule has 0 fully saturated rings. The number of anilines is 1. The van der Waals surface area contributed by atoms with Gasteiger partial charge in [-0.25, -0.2) is 4.68 Å². The van der Waals surface area contributed by atoms with Gasteiger partial charge in [0.15, 0.2) is 5.82 Å². The average molecular weight is 349 g/mol. The van der Waals surface area contributed by atoms with E-state index in [0.29, 0.717) is 28.1 Å². The molecule has 5 nitrogen and oxygen atoms in total. The summed E-state index contributed by atoms with van der Waals surface area (Å²) >= 11 is 12.1. The molecule has 0 saturated carbocycles. The molecule has 118 valence electrons. The summed E-state index contributed by atoms with van der Waals surface area (Å²) in [7, 11) is 1.62. The number of nitrogens with two attached hydrogens (primary N) is 1. The zero-order chi connectivity index (χ0) is 16.4. The van der Waals surface area contributed by atoms with Crippen LogP contribution in [0.2, 0.25) is 10.0 Å². The van der Waals surface area contributed by atoms with E-state index in [9.17, 15) is 0 Å². The maximum absolute atomic E-state index is 6.19. The third-order valence-corrected chi connectivity index (χ3v) is 4.06. The average Bonchev–Trinajstić information content (AvgIpc) is 2.91. The fraction of sp³-hybridized carbons (Fsp3) is 0.125. The monoisotopic (exact) mass is 348 g/mol. The first-order valence-electron chi connectivity index (χ1n) is 6.86. The number of methoxy groups -OCH3 is 1. The Morgan fingerprint density at radius 3 is 2.52 bits per heavy atom. The maximum atomic E-state index is 6.19. The van der Waals surface area contributed by atoms with Crippen LogP contribution in [0.15, 0.2) is 42.5 Å². The van der Waals surface area contributed by atoms with E-state index in [2.05, 4.69) is 10.3 Å². The molecule has 0 bridgehead atoms. The van der Waals surface area contributed by atoms with Gasteiger partial charge in [-0.3, -0.25) is 0 Å². The summed E-state index contributed by atoms with van der Waals surface area (Å²) in [6.45, 7) is 0.422. The molecule has 0 radical (unpaired) electrons.